The highest BCUT2D eigenvalue weighted by atomic mass is 31.2. The highest BCUT2D eigenvalue weighted by Gasteiger charge is 2.28. The summed E-state index contributed by atoms with van der Waals surface area (Å²) in [5.41, 5.74) is 0.347. The molecule has 0 N–H and O–H groups in total. The Labute approximate surface area is 127 Å². The predicted molar refractivity (Wildman–Crippen MR) is 85.7 cm³/mol. The van der Waals surface area contributed by atoms with Crippen LogP contribution < -0.4 is 5.30 Å². The summed E-state index contributed by atoms with van der Waals surface area (Å²) in [7, 11) is -1.56. The molecule has 0 saturated heterocycles. The van der Waals surface area contributed by atoms with Gasteiger partial charge in [-0.3, -0.25) is 4.57 Å². The van der Waals surface area contributed by atoms with E-state index in [-0.39, 0.29) is 0 Å². The van der Waals surface area contributed by atoms with E-state index in [1.165, 1.54) is 7.11 Å². The van der Waals surface area contributed by atoms with Gasteiger partial charge >= 0.3 is 5.97 Å². The molecule has 1 aromatic rings. The second-order valence-electron chi connectivity index (χ2n) is 4.89. The molecule has 0 aromatic heterocycles. The fourth-order valence-electron chi connectivity index (χ4n) is 2.11. The fraction of sp³-hybridized carbons (Fsp3) is 0.562. The number of benzene rings is 1. The number of hydrogen-bond donors (Lipinski definition) is 0. The van der Waals surface area contributed by atoms with Gasteiger partial charge in [0.2, 0.25) is 7.37 Å². The van der Waals surface area contributed by atoms with Crippen molar-refractivity contribution in [3.05, 3.63) is 29.8 Å². The molecule has 118 valence electrons. The van der Waals surface area contributed by atoms with Crippen molar-refractivity contribution in [3.8, 4) is 0 Å². The largest absolute Gasteiger partial charge is 0.462 e. The molecule has 0 bridgehead atoms. The van der Waals surface area contributed by atoms with Crippen LogP contribution in [0.3, 0.4) is 0 Å². The third-order valence-corrected chi connectivity index (χ3v) is 5.98. The zero-order valence-corrected chi connectivity index (χ0v) is 14.0. The highest BCUT2D eigenvalue weighted by Crippen LogP contribution is 2.45. The van der Waals surface area contributed by atoms with Crippen LogP contribution in [0.25, 0.3) is 0 Å². The van der Waals surface area contributed by atoms with E-state index in [0.717, 1.165) is 25.7 Å². The Bertz CT molecular complexity index is 491. The van der Waals surface area contributed by atoms with Gasteiger partial charge in [-0.05, 0) is 18.6 Å². The van der Waals surface area contributed by atoms with E-state index < -0.39 is 13.3 Å². The smallest absolute Gasteiger partial charge is 0.338 e. The van der Waals surface area contributed by atoms with E-state index in [1.807, 2.05) is 0 Å². The first kappa shape index (κ1) is 17.9. The molecule has 0 aliphatic rings. The van der Waals surface area contributed by atoms with Gasteiger partial charge in [0.25, 0.3) is 0 Å². The van der Waals surface area contributed by atoms with E-state index in [9.17, 15) is 9.36 Å². The summed E-state index contributed by atoms with van der Waals surface area (Å²) < 4.78 is 23.1. The standard InChI is InChI=1S/C16H25O4P/c1-4-6-7-10-13-20-16(17)14-11-8-9-12-15(14)21(18,5-2)19-3/h8-9,11-12H,4-7,10,13H2,1-3H3. The SMILES string of the molecule is CCCCCCOC(=O)c1ccccc1P(=O)(CC)OC. The summed E-state index contributed by atoms with van der Waals surface area (Å²) in [6.45, 7) is 4.32. The van der Waals surface area contributed by atoms with Crippen LogP contribution in [0.5, 0.6) is 0 Å². The van der Waals surface area contributed by atoms with Crippen molar-refractivity contribution in [1.82, 2.24) is 0 Å². The average molecular weight is 312 g/mol. The van der Waals surface area contributed by atoms with Crippen molar-refractivity contribution in [1.29, 1.82) is 0 Å². The maximum atomic E-state index is 12.7. The topological polar surface area (TPSA) is 52.6 Å². The van der Waals surface area contributed by atoms with Gasteiger partial charge in [0.1, 0.15) is 0 Å². The van der Waals surface area contributed by atoms with Gasteiger partial charge in [0, 0.05) is 13.3 Å². The third kappa shape index (κ3) is 4.98. The first-order valence-corrected chi connectivity index (χ1v) is 9.31. The molecule has 0 aliphatic heterocycles. The minimum absolute atomic E-state index is 0.347. The van der Waals surface area contributed by atoms with E-state index in [4.69, 9.17) is 9.26 Å². The number of hydrogen-bond acceptors (Lipinski definition) is 4. The summed E-state index contributed by atoms with van der Waals surface area (Å²) in [6, 6.07) is 6.83. The number of rotatable bonds is 9. The van der Waals surface area contributed by atoms with Crippen molar-refractivity contribution in [2.75, 3.05) is 19.9 Å². The van der Waals surface area contributed by atoms with Crippen molar-refractivity contribution < 1.29 is 18.6 Å². The maximum absolute atomic E-state index is 12.7. The van der Waals surface area contributed by atoms with Crippen LogP contribution >= 0.6 is 7.37 Å². The molecular weight excluding hydrogens is 287 g/mol. The Morgan fingerprint density at radius 3 is 2.48 bits per heavy atom. The molecule has 1 atom stereocenters. The second kappa shape index (κ2) is 9.01. The highest BCUT2D eigenvalue weighted by molar-refractivity contribution is 7.67. The molecule has 21 heavy (non-hydrogen) atoms. The molecule has 5 heteroatoms. The molecule has 1 aromatic carbocycles. The minimum Gasteiger partial charge on any atom is -0.462 e. The summed E-state index contributed by atoms with van der Waals surface area (Å²) in [4.78, 5) is 12.2. The molecule has 4 nitrogen and oxygen atoms in total. The van der Waals surface area contributed by atoms with Gasteiger partial charge in [-0.15, -0.1) is 0 Å². The van der Waals surface area contributed by atoms with Gasteiger partial charge in [-0.2, -0.15) is 0 Å². The van der Waals surface area contributed by atoms with E-state index in [1.54, 1.807) is 31.2 Å². The van der Waals surface area contributed by atoms with Crippen molar-refractivity contribution >= 4 is 18.6 Å². The lowest BCUT2D eigenvalue weighted by molar-refractivity contribution is 0.0499. The summed E-state index contributed by atoms with van der Waals surface area (Å²) in [5.74, 6) is -0.423. The first-order chi connectivity index (χ1) is 10.1. The van der Waals surface area contributed by atoms with Crippen LogP contribution in [0.4, 0.5) is 0 Å². The average Bonchev–Trinajstić information content (AvgIpc) is 2.53. The Kier molecular flexibility index (Phi) is 7.69. The molecule has 1 unspecified atom stereocenters. The fourth-order valence-corrected chi connectivity index (χ4v) is 3.75. The van der Waals surface area contributed by atoms with Gasteiger partial charge in [0.15, 0.2) is 0 Å². The van der Waals surface area contributed by atoms with Crippen molar-refractivity contribution in [2.24, 2.45) is 0 Å². The van der Waals surface area contributed by atoms with Gasteiger partial charge in [-0.1, -0.05) is 45.2 Å². The maximum Gasteiger partial charge on any atom is 0.338 e. The molecule has 0 heterocycles. The Balaban J connectivity index is 2.79. The molecule has 0 saturated carbocycles. The molecule has 0 aliphatic carbocycles. The molecule has 0 amide bonds. The third-order valence-electron chi connectivity index (χ3n) is 3.43. The van der Waals surface area contributed by atoms with Crippen LogP contribution in [-0.4, -0.2) is 25.8 Å². The zero-order chi connectivity index (χ0) is 15.7. The van der Waals surface area contributed by atoms with Crippen LogP contribution in [0.2, 0.25) is 0 Å². The zero-order valence-electron chi connectivity index (χ0n) is 13.1. The molecule has 0 radical (unpaired) electrons. The second-order valence-corrected chi connectivity index (χ2v) is 7.71. The van der Waals surface area contributed by atoms with E-state index in [0.29, 0.717) is 23.6 Å². The minimum atomic E-state index is -2.98. The van der Waals surface area contributed by atoms with Crippen LogP contribution in [-0.2, 0) is 13.8 Å². The number of ether oxygens (including phenoxy) is 1. The van der Waals surface area contributed by atoms with Crippen LogP contribution in [0, 0.1) is 0 Å². The number of unbranched alkanes of at least 4 members (excludes halogenated alkanes) is 3. The molecule has 1 rings (SSSR count). The molecule has 0 spiro atoms. The Hall–Kier alpha value is -1.12. The van der Waals surface area contributed by atoms with E-state index >= 15 is 0 Å². The first-order valence-electron chi connectivity index (χ1n) is 7.50. The number of carbonyl (C=O) groups is 1. The van der Waals surface area contributed by atoms with Crippen LogP contribution in [0.1, 0.15) is 49.9 Å². The summed E-state index contributed by atoms with van der Waals surface area (Å²) in [5, 5.41) is 0.452. The predicted octanol–water partition coefficient (Wildman–Crippen LogP) is 3.99. The lowest BCUT2D eigenvalue weighted by atomic mass is 10.2. The normalized spacial score (nSPS) is 13.7. The summed E-state index contributed by atoms with van der Waals surface area (Å²) in [6.07, 6.45) is 4.55. The number of carbonyl (C=O) groups excluding carboxylic acids is 1. The van der Waals surface area contributed by atoms with Crippen LogP contribution in [0.15, 0.2) is 24.3 Å². The molecule has 0 fully saturated rings. The van der Waals surface area contributed by atoms with Gasteiger partial charge < -0.3 is 9.26 Å². The lowest BCUT2D eigenvalue weighted by Gasteiger charge is -2.17. The Morgan fingerprint density at radius 2 is 1.86 bits per heavy atom. The Morgan fingerprint density at radius 1 is 1.14 bits per heavy atom. The quantitative estimate of drug-likeness (QED) is 0.393. The lowest BCUT2D eigenvalue weighted by Crippen LogP contribution is -2.20. The van der Waals surface area contributed by atoms with Crippen molar-refractivity contribution in [3.63, 3.8) is 0 Å². The summed E-state index contributed by atoms with van der Waals surface area (Å²) >= 11 is 0. The monoisotopic (exact) mass is 312 g/mol. The molecular formula is C16H25O4P. The van der Waals surface area contributed by atoms with Crippen molar-refractivity contribution in [2.45, 2.75) is 39.5 Å². The van der Waals surface area contributed by atoms with E-state index in [2.05, 4.69) is 6.92 Å². The van der Waals surface area contributed by atoms with Gasteiger partial charge in [0.05, 0.1) is 17.5 Å². The number of esters is 1. The van der Waals surface area contributed by atoms with Gasteiger partial charge in [-0.25, -0.2) is 4.79 Å².